The van der Waals surface area contributed by atoms with Crippen molar-refractivity contribution in [2.45, 2.75) is 51.4 Å². The molecule has 4 aromatic heterocycles. The monoisotopic (exact) mass is 508 g/mol. The van der Waals surface area contributed by atoms with E-state index in [-0.39, 0.29) is 12.6 Å². The summed E-state index contributed by atoms with van der Waals surface area (Å²) in [4.78, 5) is 14.9. The zero-order valence-corrected chi connectivity index (χ0v) is 19.5. The van der Waals surface area contributed by atoms with Crippen molar-refractivity contribution in [3.05, 3.63) is 36.5 Å². The molecule has 0 amide bonds. The first kappa shape index (κ1) is 24.3. The molecule has 0 atom stereocenters. The Morgan fingerprint density at radius 2 is 1.89 bits per heavy atom. The fourth-order valence-corrected chi connectivity index (χ4v) is 4.61. The van der Waals surface area contributed by atoms with E-state index in [9.17, 15) is 22.0 Å². The average molecular weight is 508 g/mol. The average Bonchev–Trinajstić information content (AvgIpc) is 3.38. The summed E-state index contributed by atoms with van der Waals surface area (Å²) in [5.74, 6) is 0.902. The minimum Gasteiger partial charge on any atom is -0.350 e. The molecule has 13 heteroatoms. The van der Waals surface area contributed by atoms with Crippen molar-refractivity contribution < 1.29 is 22.0 Å². The van der Waals surface area contributed by atoms with Crippen molar-refractivity contribution >= 4 is 22.6 Å². The second-order valence-corrected chi connectivity index (χ2v) is 8.99. The number of fused-ring (bicyclic) bond motifs is 2. The van der Waals surface area contributed by atoms with Crippen LogP contribution in [-0.4, -0.2) is 72.3 Å². The van der Waals surface area contributed by atoms with Gasteiger partial charge in [-0.15, -0.1) is 5.10 Å². The number of nitrogens with zero attached hydrogens (tertiary/aromatic N) is 7. The highest BCUT2D eigenvalue weighted by Gasteiger charge is 2.29. The fourth-order valence-electron chi connectivity index (χ4n) is 4.61. The molecule has 36 heavy (non-hydrogen) atoms. The predicted molar refractivity (Wildman–Crippen MR) is 124 cm³/mol. The van der Waals surface area contributed by atoms with E-state index in [1.165, 1.54) is 4.57 Å². The normalized spacial score (nSPS) is 16.0. The van der Waals surface area contributed by atoms with Crippen LogP contribution in [0.5, 0.6) is 0 Å². The molecule has 1 aliphatic heterocycles. The van der Waals surface area contributed by atoms with Gasteiger partial charge in [-0.25, -0.2) is 28.2 Å². The molecule has 1 aliphatic rings. The lowest BCUT2D eigenvalue weighted by molar-refractivity contribution is -0.138. The van der Waals surface area contributed by atoms with Crippen LogP contribution in [0.1, 0.15) is 25.1 Å². The van der Waals surface area contributed by atoms with Crippen molar-refractivity contribution in [3.63, 3.8) is 0 Å². The van der Waals surface area contributed by atoms with Gasteiger partial charge < -0.3 is 14.8 Å². The standard InChI is InChI=1S/C23H25F5N8/c1-14-31-21-18(35(14)13-20(24)25)10-15(11-29-21)17-4-8-36-19(17)12-30-22(33-36)32-16-2-6-34(7-3-16)9-5-23(26,27)28/h4,8,10-12,16,20H,2-3,5-7,9,13H2,1H3,(H,32,33). The Morgan fingerprint density at radius 1 is 1.11 bits per heavy atom. The molecule has 192 valence electrons. The molecule has 0 aliphatic carbocycles. The highest BCUT2D eigenvalue weighted by atomic mass is 19.4. The molecule has 8 nitrogen and oxygen atoms in total. The summed E-state index contributed by atoms with van der Waals surface area (Å²) < 4.78 is 66.6. The number of nitrogens with one attached hydrogen (secondary N) is 1. The minimum absolute atomic E-state index is 0.0218. The van der Waals surface area contributed by atoms with E-state index in [1.807, 2.05) is 11.0 Å². The maximum atomic E-state index is 13.1. The van der Waals surface area contributed by atoms with E-state index in [4.69, 9.17) is 0 Å². The Labute approximate surface area is 203 Å². The van der Waals surface area contributed by atoms with Gasteiger partial charge in [-0.1, -0.05) is 0 Å². The lowest BCUT2D eigenvalue weighted by atomic mass is 10.1. The third-order valence-corrected chi connectivity index (χ3v) is 6.48. The van der Waals surface area contributed by atoms with Gasteiger partial charge in [-0.2, -0.15) is 13.2 Å². The van der Waals surface area contributed by atoms with Gasteiger partial charge in [0.05, 0.1) is 30.2 Å². The van der Waals surface area contributed by atoms with Crippen LogP contribution in [-0.2, 0) is 6.54 Å². The number of aryl methyl sites for hydroxylation is 1. The molecule has 1 N–H and O–H groups in total. The molecule has 0 radical (unpaired) electrons. The lowest BCUT2D eigenvalue weighted by Gasteiger charge is -2.32. The molecule has 0 spiro atoms. The van der Waals surface area contributed by atoms with Crippen LogP contribution in [0.25, 0.3) is 27.8 Å². The van der Waals surface area contributed by atoms with Gasteiger partial charge in [0, 0.05) is 49.2 Å². The summed E-state index contributed by atoms with van der Waals surface area (Å²) in [5.41, 5.74) is 3.20. The number of alkyl halides is 5. The summed E-state index contributed by atoms with van der Waals surface area (Å²) >= 11 is 0. The number of hydrogen-bond donors (Lipinski definition) is 1. The molecule has 0 bridgehead atoms. The largest absolute Gasteiger partial charge is 0.390 e. The minimum atomic E-state index is -4.14. The molecule has 0 saturated carbocycles. The number of piperidine rings is 1. The first-order valence-corrected chi connectivity index (χ1v) is 11.7. The number of anilines is 1. The number of imidazole rings is 1. The van der Waals surface area contributed by atoms with Gasteiger partial charge in [0.2, 0.25) is 5.95 Å². The van der Waals surface area contributed by atoms with Crippen molar-refractivity contribution in [3.8, 4) is 11.1 Å². The van der Waals surface area contributed by atoms with E-state index in [0.717, 1.165) is 16.6 Å². The second kappa shape index (κ2) is 9.60. The molecule has 5 heterocycles. The van der Waals surface area contributed by atoms with Gasteiger partial charge in [0.1, 0.15) is 5.82 Å². The smallest absolute Gasteiger partial charge is 0.350 e. The van der Waals surface area contributed by atoms with Gasteiger partial charge >= 0.3 is 6.18 Å². The number of rotatable bonds is 7. The second-order valence-electron chi connectivity index (χ2n) is 8.99. The highest BCUT2D eigenvalue weighted by molar-refractivity contribution is 5.85. The fraction of sp³-hybridized carbons (Fsp3) is 0.478. The molecule has 0 aromatic carbocycles. The molecule has 4 aromatic rings. The maximum absolute atomic E-state index is 13.1. The molecule has 1 saturated heterocycles. The van der Waals surface area contributed by atoms with Gasteiger partial charge in [0.25, 0.3) is 6.43 Å². The van der Waals surface area contributed by atoms with Gasteiger partial charge in [0.15, 0.2) is 5.65 Å². The summed E-state index contributed by atoms with van der Waals surface area (Å²) in [7, 11) is 0. The Bertz CT molecular complexity index is 1350. The quantitative estimate of drug-likeness (QED) is 0.370. The van der Waals surface area contributed by atoms with Crippen molar-refractivity contribution in [1.82, 2.24) is 34.0 Å². The van der Waals surface area contributed by atoms with Crippen LogP contribution >= 0.6 is 0 Å². The Morgan fingerprint density at radius 3 is 2.61 bits per heavy atom. The molecular weight excluding hydrogens is 483 g/mol. The number of aromatic nitrogens is 6. The maximum Gasteiger partial charge on any atom is 0.390 e. The summed E-state index contributed by atoms with van der Waals surface area (Å²) in [6.45, 7) is 2.41. The molecule has 0 unspecified atom stereocenters. The predicted octanol–water partition coefficient (Wildman–Crippen LogP) is 4.54. The lowest BCUT2D eigenvalue weighted by Crippen LogP contribution is -2.40. The highest BCUT2D eigenvalue weighted by Crippen LogP contribution is 2.28. The van der Waals surface area contributed by atoms with E-state index >= 15 is 0 Å². The first-order chi connectivity index (χ1) is 17.2. The van der Waals surface area contributed by atoms with E-state index < -0.39 is 25.6 Å². The topological polar surface area (TPSA) is 76.2 Å². The summed E-state index contributed by atoms with van der Waals surface area (Å²) in [5, 5.41) is 7.80. The van der Waals surface area contributed by atoms with Crippen molar-refractivity contribution in [2.75, 3.05) is 25.0 Å². The van der Waals surface area contributed by atoms with E-state index in [1.54, 1.807) is 36.1 Å². The van der Waals surface area contributed by atoms with Gasteiger partial charge in [-0.3, -0.25) is 0 Å². The zero-order chi connectivity index (χ0) is 25.4. The van der Waals surface area contributed by atoms with Crippen LogP contribution in [0.2, 0.25) is 0 Å². The number of hydrogen-bond acceptors (Lipinski definition) is 6. The number of pyridine rings is 1. The zero-order valence-electron chi connectivity index (χ0n) is 19.5. The Kier molecular flexibility index (Phi) is 6.49. The van der Waals surface area contributed by atoms with E-state index in [0.29, 0.717) is 48.9 Å². The van der Waals surface area contributed by atoms with Gasteiger partial charge in [-0.05, 0) is 31.9 Å². The Hall–Kier alpha value is -3.35. The number of halogens is 5. The SMILES string of the molecule is Cc1nc2ncc(-c3ccn4nc(NC5CCN(CCC(F)(F)F)CC5)ncc34)cc2n1CC(F)F. The molecule has 5 rings (SSSR count). The third kappa shape index (κ3) is 5.25. The summed E-state index contributed by atoms with van der Waals surface area (Å²) in [6, 6.07) is 3.72. The Balaban J connectivity index is 1.30. The van der Waals surface area contributed by atoms with Crippen molar-refractivity contribution in [2.24, 2.45) is 0 Å². The number of likely N-dealkylation sites (tertiary alicyclic amines) is 1. The van der Waals surface area contributed by atoms with E-state index in [2.05, 4.69) is 25.4 Å². The molecule has 1 fully saturated rings. The van der Waals surface area contributed by atoms with Crippen LogP contribution in [0, 0.1) is 6.92 Å². The summed E-state index contributed by atoms with van der Waals surface area (Å²) in [6.07, 6.45) is -0.930. The van der Waals surface area contributed by atoms with Crippen LogP contribution in [0.3, 0.4) is 0 Å². The van der Waals surface area contributed by atoms with Crippen LogP contribution in [0.15, 0.2) is 30.7 Å². The van der Waals surface area contributed by atoms with Crippen LogP contribution in [0.4, 0.5) is 27.9 Å². The molecular formula is C23H25F5N8. The van der Waals surface area contributed by atoms with Crippen LogP contribution < -0.4 is 5.32 Å². The first-order valence-electron chi connectivity index (χ1n) is 11.7. The van der Waals surface area contributed by atoms with Crippen molar-refractivity contribution in [1.29, 1.82) is 0 Å². The third-order valence-electron chi connectivity index (χ3n) is 6.48.